The number of halogens is 1. The van der Waals surface area contributed by atoms with Crippen molar-refractivity contribution in [2.24, 2.45) is 7.05 Å². The van der Waals surface area contributed by atoms with Crippen molar-refractivity contribution in [2.75, 3.05) is 24.5 Å². The van der Waals surface area contributed by atoms with Crippen LogP contribution in [-0.2, 0) is 7.05 Å². The van der Waals surface area contributed by atoms with Crippen molar-refractivity contribution in [3.63, 3.8) is 0 Å². The Morgan fingerprint density at radius 2 is 1.78 bits per heavy atom. The van der Waals surface area contributed by atoms with Gasteiger partial charge in [0.15, 0.2) is 0 Å². The van der Waals surface area contributed by atoms with E-state index in [9.17, 15) is 18.8 Å². The number of aryl methyl sites for hydroxylation is 1. The number of anilines is 1. The summed E-state index contributed by atoms with van der Waals surface area (Å²) in [5.41, 5.74) is 0.696. The van der Waals surface area contributed by atoms with Crippen LogP contribution in [0, 0.1) is 12.7 Å². The van der Waals surface area contributed by atoms with Gasteiger partial charge in [0.05, 0.1) is 5.69 Å². The van der Waals surface area contributed by atoms with E-state index >= 15 is 0 Å². The lowest BCUT2D eigenvalue weighted by Crippen LogP contribution is -2.55. The summed E-state index contributed by atoms with van der Waals surface area (Å²) in [6.07, 6.45) is 0. The highest BCUT2D eigenvalue weighted by Gasteiger charge is 2.30. The molecule has 0 N–H and O–H groups in total. The fourth-order valence-electron chi connectivity index (χ4n) is 3.94. The quantitative estimate of drug-likeness (QED) is 0.624. The van der Waals surface area contributed by atoms with Crippen LogP contribution >= 0.6 is 0 Å². The first-order chi connectivity index (χ1) is 15.3. The Bertz CT molecular complexity index is 1280. The van der Waals surface area contributed by atoms with E-state index in [0.29, 0.717) is 19.6 Å². The lowest BCUT2D eigenvalue weighted by molar-refractivity contribution is 0.0715. The zero-order valence-electron chi connectivity index (χ0n) is 18.2. The standard InChI is InChI=1S/C23H24FN5O3/c1-15-5-4-6-19(13-15)28-12-11-27(14-16(28)2)22(31)20-21(30)26(3)23(32)29(25-20)18-9-7-17(24)8-10-18/h4-10,13,16H,11-12,14H2,1-3H3/t16-/m1/s1. The van der Waals surface area contributed by atoms with Crippen molar-refractivity contribution in [2.45, 2.75) is 19.9 Å². The first-order valence-corrected chi connectivity index (χ1v) is 10.3. The van der Waals surface area contributed by atoms with Crippen LogP contribution in [0.5, 0.6) is 0 Å². The minimum absolute atomic E-state index is 0.0290. The Hall–Kier alpha value is -3.75. The third-order valence-corrected chi connectivity index (χ3v) is 5.70. The van der Waals surface area contributed by atoms with Gasteiger partial charge in [-0.3, -0.25) is 14.2 Å². The molecule has 0 unspecified atom stereocenters. The van der Waals surface area contributed by atoms with Crippen LogP contribution in [0.15, 0.2) is 58.1 Å². The summed E-state index contributed by atoms with van der Waals surface area (Å²) >= 11 is 0. The van der Waals surface area contributed by atoms with Crippen molar-refractivity contribution in [1.82, 2.24) is 19.2 Å². The topological polar surface area (TPSA) is 80.4 Å². The Balaban J connectivity index is 1.63. The molecule has 0 radical (unpaired) electrons. The molecular weight excluding hydrogens is 413 g/mol. The lowest BCUT2D eigenvalue weighted by Gasteiger charge is -2.41. The van der Waals surface area contributed by atoms with Crippen molar-refractivity contribution >= 4 is 11.6 Å². The van der Waals surface area contributed by atoms with Gasteiger partial charge in [-0.15, -0.1) is 0 Å². The van der Waals surface area contributed by atoms with Crippen molar-refractivity contribution in [3.8, 4) is 5.69 Å². The summed E-state index contributed by atoms with van der Waals surface area (Å²) < 4.78 is 15.1. The smallest absolute Gasteiger partial charge is 0.351 e. The summed E-state index contributed by atoms with van der Waals surface area (Å²) in [4.78, 5) is 42.3. The average molecular weight is 437 g/mol. The molecule has 8 nitrogen and oxygen atoms in total. The highest BCUT2D eigenvalue weighted by atomic mass is 19.1. The molecule has 0 aliphatic carbocycles. The molecule has 166 valence electrons. The van der Waals surface area contributed by atoms with Crippen molar-refractivity contribution < 1.29 is 9.18 Å². The van der Waals surface area contributed by atoms with Gasteiger partial charge in [-0.2, -0.15) is 9.78 Å². The molecule has 1 aliphatic heterocycles. The normalized spacial score (nSPS) is 16.3. The number of piperazine rings is 1. The molecule has 4 rings (SSSR count). The Morgan fingerprint density at radius 3 is 2.44 bits per heavy atom. The minimum atomic E-state index is -0.757. The molecule has 2 heterocycles. The number of rotatable bonds is 3. The van der Waals surface area contributed by atoms with Crippen LogP contribution in [0.25, 0.3) is 5.69 Å². The first-order valence-electron chi connectivity index (χ1n) is 10.3. The number of carbonyl (C=O) groups is 1. The van der Waals surface area contributed by atoms with E-state index < -0.39 is 23.0 Å². The van der Waals surface area contributed by atoms with Crippen LogP contribution in [0.3, 0.4) is 0 Å². The molecule has 1 fully saturated rings. The molecule has 0 saturated carbocycles. The van der Waals surface area contributed by atoms with Gasteiger partial charge in [-0.1, -0.05) is 12.1 Å². The Labute approximate surface area is 184 Å². The summed E-state index contributed by atoms with van der Waals surface area (Å²) in [5, 5.41) is 4.07. The maximum atomic E-state index is 13.3. The number of nitrogens with zero attached hydrogens (tertiary/aromatic N) is 5. The van der Waals surface area contributed by atoms with Crippen molar-refractivity contribution in [3.05, 3.63) is 86.4 Å². The molecule has 32 heavy (non-hydrogen) atoms. The van der Waals surface area contributed by atoms with E-state index in [-0.39, 0.29) is 17.4 Å². The van der Waals surface area contributed by atoms with Gasteiger partial charge in [-0.05, 0) is 55.8 Å². The first kappa shape index (κ1) is 21.5. The number of benzene rings is 2. The van der Waals surface area contributed by atoms with Gasteiger partial charge in [-0.25, -0.2) is 9.18 Å². The molecule has 0 spiro atoms. The van der Waals surface area contributed by atoms with E-state index in [0.717, 1.165) is 20.5 Å². The van der Waals surface area contributed by atoms with Gasteiger partial charge in [0.25, 0.3) is 11.5 Å². The van der Waals surface area contributed by atoms with Gasteiger partial charge in [0.1, 0.15) is 5.82 Å². The van der Waals surface area contributed by atoms with Crippen LogP contribution in [0.4, 0.5) is 10.1 Å². The fourth-order valence-corrected chi connectivity index (χ4v) is 3.94. The highest BCUT2D eigenvalue weighted by Crippen LogP contribution is 2.22. The van der Waals surface area contributed by atoms with Gasteiger partial charge in [0, 0.05) is 38.4 Å². The third-order valence-electron chi connectivity index (χ3n) is 5.70. The van der Waals surface area contributed by atoms with E-state index in [4.69, 9.17) is 0 Å². The SMILES string of the molecule is Cc1cccc(N2CCN(C(=O)c3nn(-c4ccc(F)cc4)c(=O)n(C)c3=O)C[C@H]2C)c1. The van der Waals surface area contributed by atoms with Gasteiger partial charge < -0.3 is 9.80 Å². The summed E-state index contributed by atoms with van der Waals surface area (Å²) in [7, 11) is 1.29. The van der Waals surface area contributed by atoms with Gasteiger partial charge in [0.2, 0.25) is 5.69 Å². The molecule has 1 aliphatic rings. The maximum absolute atomic E-state index is 13.3. The number of carbonyl (C=O) groups excluding carboxylic acids is 1. The number of aromatic nitrogens is 3. The second-order valence-electron chi connectivity index (χ2n) is 8.02. The number of hydrogen-bond donors (Lipinski definition) is 0. The largest absolute Gasteiger partial charge is 0.365 e. The Morgan fingerprint density at radius 1 is 1.06 bits per heavy atom. The number of hydrogen-bond acceptors (Lipinski definition) is 5. The summed E-state index contributed by atoms with van der Waals surface area (Å²) in [6.45, 7) is 5.48. The monoisotopic (exact) mass is 437 g/mol. The van der Waals surface area contributed by atoms with Crippen LogP contribution in [-0.4, -0.2) is 50.8 Å². The zero-order valence-corrected chi connectivity index (χ0v) is 18.2. The molecule has 0 bridgehead atoms. The van der Waals surface area contributed by atoms with Gasteiger partial charge >= 0.3 is 5.69 Å². The zero-order chi connectivity index (χ0) is 23.0. The molecule has 9 heteroatoms. The second-order valence-corrected chi connectivity index (χ2v) is 8.02. The van der Waals surface area contributed by atoms with E-state index in [2.05, 4.69) is 16.1 Å². The molecule has 1 amide bonds. The predicted octanol–water partition coefficient (Wildman–Crippen LogP) is 1.73. The Kier molecular flexibility index (Phi) is 5.65. The average Bonchev–Trinajstić information content (AvgIpc) is 2.78. The number of amides is 1. The van der Waals surface area contributed by atoms with E-state index in [1.165, 1.54) is 31.3 Å². The second kappa shape index (κ2) is 8.41. The molecule has 3 aromatic rings. The van der Waals surface area contributed by atoms with Crippen LogP contribution in [0.1, 0.15) is 23.0 Å². The molecular formula is C23H24FN5O3. The predicted molar refractivity (Wildman–Crippen MR) is 119 cm³/mol. The molecule has 1 atom stereocenters. The molecule has 1 aromatic heterocycles. The minimum Gasteiger partial charge on any atom is -0.365 e. The van der Waals surface area contributed by atoms with E-state index in [1.54, 1.807) is 4.90 Å². The van der Waals surface area contributed by atoms with Crippen LogP contribution < -0.4 is 16.1 Å². The lowest BCUT2D eigenvalue weighted by atomic mass is 10.1. The maximum Gasteiger partial charge on any atom is 0.351 e. The molecule has 2 aromatic carbocycles. The summed E-state index contributed by atoms with van der Waals surface area (Å²) in [6, 6.07) is 13.3. The highest BCUT2D eigenvalue weighted by molar-refractivity contribution is 5.92. The van der Waals surface area contributed by atoms with E-state index in [1.807, 2.05) is 32.0 Å². The van der Waals surface area contributed by atoms with Crippen molar-refractivity contribution in [1.29, 1.82) is 0 Å². The molecule has 1 saturated heterocycles. The van der Waals surface area contributed by atoms with Crippen LogP contribution in [0.2, 0.25) is 0 Å². The fraction of sp³-hybridized carbons (Fsp3) is 0.304. The third kappa shape index (κ3) is 3.93. The summed E-state index contributed by atoms with van der Waals surface area (Å²) in [5.74, 6) is -0.999.